The lowest BCUT2D eigenvalue weighted by atomic mass is 10.1. The van der Waals surface area contributed by atoms with E-state index in [0.717, 1.165) is 5.56 Å². The van der Waals surface area contributed by atoms with Gasteiger partial charge in [-0.15, -0.1) is 0 Å². The maximum atomic E-state index is 10.9. The number of aromatic nitrogens is 1. The van der Waals surface area contributed by atoms with Crippen LogP contribution in [0.3, 0.4) is 0 Å². The number of nitriles is 1. The van der Waals surface area contributed by atoms with Crippen LogP contribution in [0.1, 0.15) is 16.8 Å². The lowest BCUT2D eigenvalue weighted by molar-refractivity contribution is -0.139. The molecule has 0 radical (unpaired) electrons. The molecule has 0 saturated heterocycles. The third kappa shape index (κ3) is 2.30. The summed E-state index contributed by atoms with van der Waals surface area (Å²) < 4.78 is 4.50. The van der Waals surface area contributed by atoms with Crippen LogP contribution in [-0.2, 0) is 16.0 Å². The van der Waals surface area contributed by atoms with Crippen molar-refractivity contribution in [3.63, 3.8) is 0 Å². The Balaban J connectivity index is 2.91. The average Bonchev–Trinajstić information content (AvgIpc) is 2.20. The molecule has 0 fully saturated rings. The lowest BCUT2D eigenvalue weighted by Gasteiger charge is -2.01. The molecule has 1 aromatic heterocycles. The summed E-state index contributed by atoms with van der Waals surface area (Å²) in [5, 5.41) is 8.74. The molecule has 4 nitrogen and oxygen atoms in total. The first kappa shape index (κ1) is 10.2. The Hall–Kier alpha value is -1.89. The van der Waals surface area contributed by atoms with E-state index in [-0.39, 0.29) is 12.4 Å². The zero-order chi connectivity index (χ0) is 10.6. The maximum Gasteiger partial charge on any atom is 0.311 e. The molecule has 0 aliphatic rings. The Labute approximate surface area is 82.1 Å². The van der Waals surface area contributed by atoms with E-state index in [4.69, 9.17) is 5.26 Å². The van der Waals surface area contributed by atoms with Gasteiger partial charge in [0.2, 0.25) is 0 Å². The van der Waals surface area contributed by atoms with Crippen LogP contribution < -0.4 is 0 Å². The molecule has 0 amide bonds. The van der Waals surface area contributed by atoms with Crippen molar-refractivity contribution in [2.45, 2.75) is 13.3 Å². The van der Waals surface area contributed by atoms with Crippen molar-refractivity contribution >= 4 is 5.97 Å². The molecule has 1 aromatic rings. The fourth-order valence-corrected chi connectivity index (χ4v) is 1.00. The Bertz CT molecular complexity index is 394. The average molecular weight is 190 g/mol. The molecule has 0 atom stereocenters. The molecule has 4 heteroatoms. The van der Waals surface area contributed by atoms with E-state index < -0.39 is 0 Å². The van der Waals surface area contributed by atoms with Crippen molar-refractivity contribution < 1.29 is 9.53 Å². The SMILES string of the molecule is COC(=O)Cc1cc(C#N)c(C)cn1. The van der Waals surface area contributed by atoms with Crippen molar-refractivity contribution in [3.8, 4) is 6.07 Å². The second-order valence-corrected chi connectivity index (χ2v) is 2.86. The van der Waals surface area contributed by atoms with Gasteiger partial charge in [0.15, 0.2) is 0 Å². The quantitative estimate of drug-likeness (QED) is 0.652. The van der Waals surface area contributed by atoms with Gasteiger partial charge in [-0.05, 0) is 18.6 Å². The van der Waals surface area contributed by atoms with Crippen LogP contribution in [0.4, 0.5) is 0 Å². The van der Waals surface area contributed by atoms with E-state index in [2.05, 4.69) is 9.72 Å². The Morgan fingerprint density at radius 2 is 2.43 bits per heavy atom. The summed E-state index contributed by atoms with van der Waals surface area (Å²) in [4.78, 5) is 14.9. The number of rotatable bonds is 2. The highest BCUT2D eigenvalue weighted by atomic mass is 16.5. The molecule has 0 bridgehead atoms. The Morgan fingerprint density at radius 3 is 3.00 bits per heavy atom. The third-order valence-electron chi connectivity index (χ3n) is 1.83. The lowest BCUT2D eigenvalue weighted by Crippen LogP contribution is -2.06. The summed E-state index contributed by atoms with van der Waals surface area (Å²) in [6.45, 7) is 1.80. The summed E-state index contributed by atoms with van der Waals surface area (Å²) in [6.07, 6.45) is 1.68. The van der Waals surface area contributed by atoms with Crippen LogP contribution in [0.5, 0.6) is 0 Å². The van der Waals surface area contributed by atoms with E-state index in [0.29, 0.717) is 11.3 Å². The van der Waals surface area contributed by atoms with E-state index in [1.54, 1.807) is 19.2 Å². The maximum absolute atomic E-state index is 10.9. The number of carbonyl (C=O) groups excluding carboxylic acids is 1. The molecule has 1 heterocycles. The van der Waals surface area contributed by atoms with Crippen molar-refractivity contribution in [2.24, 2.45) is 0 Å². The number of hydrogen-bond acceptors (Lipinski definition) is 4. The summed E-state index contributed by atoms with van der Waals surface area (Å²) in [7, 11) is 1.32. The highest BCUT2D eigenvalue weighted by Gasteiger charge is 2.06. The Morgan fingerprint density at radius 1 is 1.71 bits per heavy atom. The van der Waals surface area contributed by atoms with Crippen molar-refractivity contribution in [2.75, 3.05) is 7.11 Å². The van der Waals surface area contributed by atoms with E-state index in [1.807, 2.05) is 6.07 Å². The van der Waals surface area contributed by atoms with Gasteiger partial charge < -0.3 is 4.74 Å². The molecular formula is C10H10N2O2. The highest BCUT2D eigenvalue weighted by Crippen LogP contribution is 2.07. The van der Waals surface area contributed by atoms with E-state index >= 15 is 0 Å². The fourth-order valence-electron chi connectivity index (χ4n) is 1.00. The molecule has 72 valence electrons. The first-order valence-electron chi connectivity index (χ1n) is 4.10. The minimum atomic E-state index is -0.356. The van der Waals surface area contributed by atoms with E-state index in [9.17, 15) is 4.79 Å². The second kappa shape index (κ2) is 4.38. The number of carbonyl (C=O) groups is 1. The molecular weight excluding hydrogens is 180 g/mol. The third-order valence-corrected chi connectivity index (χ3v) is 1.83. The van der Waals surface area contributed by atoms with Gasteiger partial charge in [0.25, 0.3) is 0 Å². The zero-order valence-corrected chi connectivity index (χ0v) is 8.07. The topological polar surface area (TPSA) is 63.0 Å². The molecule has 0 aliphatic heterocycles. The van der Waals surface area contributed by atoms with Crippen LogP contribution in [0, 0.1) is 18.3 Å². The number of ether oxygens (including phenoxy) is 1. The van der Waals surface area contributed by atoms with Crippen molar-refractivity contribution in [1.29, 1.82) is 5.26 Å². The molecule has 14 heavy (non-hydrogen) atoms. The molecule has 0 aliphatic carbocycles. The van der Waals surface area contributed by atoms with Crippen LogP contribution >= 0.6 is 0 Å². The smallest absolute Gasteiger partial charge is 0.311 e. The summed E-state index contributed by atoms with van der Waals surface area (Å²) >= 11 is 0. The summed E-state index contributed by atoms with van der Waals surface area (Å²) in [5.74, 6) is -0.356. The van der Waals surface area contributed by atoms with Gasteiger partial charge >= 0.3 is 5.97 Å². The van der Waals surface area contributed by atoms with Crippen LogP contribution in [0.15, 0.2) is 12.3 Å². The first-order chi connectivity index (χ1) is 6.67. The normalized spacial score (nSPS) is 9.21. The minimum Gasteiger partial charge on any atom is -0.469 e. The number of aryl methyl sites for hydroxylation is 1. The van der Waals surface area contributed by atoms with Gasteiger partial charge in [0.1, 0.15) is 0 Å². The number of esters is 1. The molecule has 0 unspecified atom stereocenters. The van der Waals surface area contributed by atoms with Gasteiger partial charge in [-0.3, -0.25) is 9.78 Å². The monoisotopic (exact) mass is 190 g/mol. The summed E-state index contributed by atoms with van der Waals surface area (Å²) in [5.41, 5.74) is 1.90. The fraction of sp³-hybridized carbons (Fsp3) is 0.300. The van der Waals surface area contributed by atoms with Gasteiger partial charge in [-0.2, -0.15) is 5.26 Å². The van der Waals surface area contributed by atoms with Crippen LogP contribution in [0.25, 0.3) is 0 Å². The summed E-state index contributed by atoms with van der Waals surface area (Å²) in [6, 6.07) is 3.64. The predicted octanol–water partition coefficient (Wildman–Crippen LogP) is 0.977. The molecule has 1 rings (SSSR count). The van der Waals surface area contributed by atoms with E-state index in [1.165, 1.54) is 7.11 Å². The van der Waals surface area contributed by atoms with Crippen molar-refractivity contribution in [3.05, 3.63) is 29.1 Å². The van der Waals surface area contributed by atoms with Gasteiger partial charge in [-0.25, -0.2) is 0 Å². The number of methoxy groups -OCH3 is 1. The van der Waals surface area contributed by atoms with Crippen LogP contribution in [0.2, 0.25) is 0 Å². The molecule has 0 spiro atoms. The molecule has 0 aromatic carbocycles. The second-order valence-electron chi connectivity index (χ2n) is 2.86. The largest absolute Gasteiger partial charge is 0.469 e. The number of pyridine rings is 1. The van der Waals surface area contributed by atoms with Gasteiger partial charge in [0.05, 0.1) is 30.9 Å². The number of nitrogens with zero attached hydrogens (tertiary/aromatic N) is 2. The standard InChI is InChI=1S/C10H10N2O2/c1-7-6-12-9(3-8(7)5-11)4-10(13)14-2/h3,6H,4H2,1-2H3. The van der Waals surface area contributed by atoms with Crippen molar-refractivity contribution in [1.82, 2.24) is 4.98 Å². The highest BCUT2D eigenvalue weighted by molar-refractivity contribution is 5.71. The number of hydrogen-bond donors (Lipinski definition) is 0. The molecule has 0 saturated carbocycles. The predicted molar refractivity (Wildman–Crippen MR) is 49.4 cm³/mol. The Kier molecular flexibility index (Phi) is 3.19. The first-order valence-corrected chi connectivity index (χ1v) is 4.10. The zero-order valence-electron chi connectivity index (χ0n) is 8.07. The van der Waals surface area contributed by atoms with Gasteiger partial charge in [0, 0.05) is 6.20 Å². The molecule has 0 N–H and O–H groups in total. The van der Waals surface area contributed by atoms with Gasteiger partial charge in [-0.1, -0.05) is 0 Å². The van der Waals surface area contributed by atoms with Crippen LogP contribution in [-0.4, -0.2) is 18.1 Å². The minimum absolute atomic E-state index is 0.103.